The van der Waals surface area contributed by atoms with E-state index in [0.29, 0.717) is 28.3 Å². The van der Waals surface area contributed by atoms with Gasteiger partial charge in [-0.1, -0.05) is 17.7 Å². The first-order valence-corrected chi connectivity index (χ1v) is 8.79. The maximum Gasteiger partial charge on any atom is 0.362 e. The van der Waals surface area contributed by atoms with Gasteiger partial charge < -0.3 is 9.57 Å². The molecule has 0 aromatic heterocycles. The van der Waals surface area contributed by atoms with E-state index < -0.39 is 11.9 Å². The number of hydrogen-bond donors (Lipinski definition) is 1. The number of nitrogens with one attached hydrogen (secondary N) is 1. The number of amides is 1. The van der Waals surface area contributed by atoms with E-state index in [1.807, 2.05) is 19.1 Å². The molecular weight excluding hydrogens is 370 g/mol. The summed E-state index contributed by atoms with van der Waals surface area (Å²) < 4.78 is 5.05. The van der Waals surface area contributed by atoms with Crippen molar-refractivity contribution >= 4 is 23.3 Å². The molecule has 0 saturated heterocycles. The maximum absolute atomic E-state index is 12.0. The molecule has 0 radical (unpaired) electrons. The average molecular weight is 389 g/mol. The number of nitrogens with zero attached hydrogens (tertiary/aromatic N) is 2. The van der Waals surface area contributed by atoms with Crippen LogP contribution in [0, 0.1) is 6.92 Å². The molecule has 29 heavy (non-hydrogen) atoms. The Morgan fingerprint density at radius 1 is 0.828 bits per heavy atom. The fraction of sp³-hybridized carbons (Fsp3) is 0.0909. The summed E-state index contributed by atoms with van der Waals surface area (Å²) in [6.07, 6.45) is 0. The number of carbonyl (C=O) groups excluding carboxylic acids is 2. The van der Waals surface area contributed by atoms with Crippen molar-refractivity contribution in [1.82, 2.24) is 0 Å². The van der Waals surface area contributed by atoms with Crippen LogP contribution in [0.3, 0.4) is 0 Å². The Labute approximate surface area is 168 Å². The Bertz CT molecular complexity index is 1010. The van der Waals surface area contributed by atoms with E-state index in [-0.39, 0.29) is 0 Å². The van der Waals surface area contributed by atoms with Crippen LogP contribution in [-0.4, -0.2) is 19.0 Å². The third-order valence-electron chi connectivity index (χ3n) is 4.01. The summed E-state index contributed by atoms with van der Waals surface area (Å²) in [7, 11) is 1.55. The molecule has 0 heterocycles. The molecule has 7 heteroatoms. The first-order chi connectivity index (χ1) is 14.0. The summed E-state index contributed by atoms with van der Waals surface area (Å²) >= 11 is 0. The third-order valence-corrected chi connectivity index (χ3v) is 4.01. The number of rotatable bonds is 6. The minimum absolute atomic E-state index is 0.387. The molecule has 1 amide bonds. The van der Waals surface area contributed by atoms with Gasteiger partial charge in [-0.3, -0.25) is 4.79 Å². The normalized spacial score (nSPS) is 10.6. The summed E-state index contributed by atoms with van der Waals surface area (Å²) in [6.45, 7) is 1.94. The molecule has 3 aromatic carbocycles. The van der Waals surface area contributed by atoms with Crippen LogP contribution in [-0.2, 0) is 4.84 Å². The van der Waals surface area contributed by atoms with Crippen molar-refractivity contribution in [2.45, 2.75) is 6.92 Å². The molecule has 7 nitrogen and oxygen atoms in total. The van der Waals surface area contributed by atoms with Gasteiger partial charge in [0.25, 0.3) is 5.91 Å². The number of carbonyl (C=O) groups is 2. The van der Waals surface area contributed by atoms with Crippen molar-refractivity contribution in [3.05, 3.63) is 89.5 Å². The van der Waals surface area contributed by atoms with Crippen LogP contribution in [0.2, 0.25) is 0 Å². The first kappa shape index (κ1) is 19.8. The van der Waals surface area contributed by atoms with Crippen molar-refractivity contribution in [2.24, 2.45) is 10.2 Å². The van der Waals surface area contributed by atoms with Crippen LogP contribution >= 0.6 is 0 Å². The molecule has 3 aromatic rings. The maximum atomic E-state index is 12.0. The molecule has 0 atom stereocenters. The monoisotopic (exact) mass is 389 g/mol. The van der Waals surface area contributed by atoms with Gasteiger partial charge >= 0.3 is 5.97 Å². The Morgan fingerprint density at radius 3 is 2.07 bits per heavy atom. The number of ether oxygens (including phenoxy) is 1. The van der Waals surface area contributed by atoms with Gasteiger partial charge in [0, 0.05) is 5.56 Å². The largest absolute Gasteiger partial charge is 0.497 e. The minimum atomic E-state index is -0.528. The highest BCUT2D eigenvalue weighted by atomic mass is 16.7. The van der Waals surface area contributed by atoms with E-state index in [2.05, 4.69) is 15.7 Å². The van der Waals surface area contributed by atoms with Gasteiger partial charge in [-0.15, -0.1) is 10.2 Å². The Balaban J connectivity index is 1.54. The SMILES string of the molecule is COc1ccc(C(=O)ONc2ccc(N=NC(=O)c3ccc(C)cc3)cc2)cc1. The van der Waals surface area contributed by atoms with Gasteiger partial charge in [0.05, 0.1) is 24.0 Å². The molecule has 0 unspecified atom stereocenters. The van der Waals surface area contributed by atoms with Crippen molar-refractivity contribution in [3.63, 3.8) is 0 Å². The molecule has 3 rings (SSSR count). The van der Waals surface area contributed by atoms with Crippen LogP contribution in [0.15, 0.2) is 83.0 Å². The lowest BCUT2D eigenvalue weighted by Gasteiger charge is -2.07. The van der Waals surface area contributed by atoms with E-state index in [0.717, 1.165) is 5.56 Å². The lowest BCUT2D eigenvalue weighted by molar-refractivity contribution is 0.0596. The molecule has 146 valence electrons. The number of hydrogen-bond acceptors (Lipinski definition) is 6. The number of benzene rings is 3. The van der Waals surface area contributed by atoms with Crippen LogP contribution in [0.25, 0.3) is 0 Å². The highest BCUT2D eigenvalue weighted by Gasteiger charge is 2.08. The number of anilines is 1. The van der Waals surface area contributed by atoms with Crippen LogP contribution in [0.4, 0.5) is 11.4 Å². The third kappa shape index (κ3) is 5.49. The molecule has 0 aliphatic heterocycles. The van der Waals surface area contributed by atoms with Crippen LogP contribution < -0.4 is 10.2 Å². The van der Waals surface area contributed by atoms with E-state index >= 15 is 0 Å². The predicted octanol–water partition coefficient (Wildman–Crippen LogP) is 5.11. The summed E-state index contributed by atoms with van der Waals surface area (Å²) in [4.78, 5) is 29.1. The summed E-state index contributed by atoms with van der Waals surface area (Å²) in [5.41, 5.74) is 5.55. The zero-order valence-electron chi connectivity index (χ0n) is 16.0. The molecular formula is C22H19N3O4. The molecule has 0 spiro atoms. The summed E-state index contributed by atoms with van der Waals surface area (Å²) in [5, 5.41) is 7.66. The first-order valence-electron chi connectivity index (χ1n) is 8.79. The van der Waals surface area contributed by atoms with Crippen molar-refractivity contribution < 1.29 is 19.2 Å². The molecule has 1 N–H and O–H groups in total. The molecule has 0 aliphatic carbocycles. The van der Waals surface area contributed by atoms with Crippen molar-refractivity contribution in [2.75, 3.05) is 12.6 Å². The van der Waals surface area contributed by atoms with Crippen molar-refractivity contribution in [3.8, 4) is 5.75 Å². The second-order valence-electron chi connectivity index (χ2n) is 6.14. The zero-order chi connectivity index (χ0) is 20.6. The fourth-order valence-corrected chi connectivity index (χ4v) is 2.34. The van der Waals surface area contributed by atoms with Gasteiger partial charge in [0.2, 0.25) is 0 Å². The smallest absolute Gasteiger partial charge is 0.362 e. The number of aryl methyl sites for hydroxylation is 1. The van der Waals surface area contributed by atoms with Gasteiger partial charge in [-0.05, 0) is 67.6 Å². The fourth-order valence-electron chi connectivity index (χ4n) is 2.34. The standard InChI is InChI=1S/C22H19N3O4/c1-15-3-5-16(6-4-15)21(26)24-23-18-9-11-19(12-10-18)25-29-22(27)17-7-13-20(28-2)14-8-17/h3-14,25H,1-2H3. The van der Waals surface area contributed by atoms with E-state index in [1.165, 1.54) is 0 Å². The van der Waals surface area contributed by atoms with Gasteiger partial charge in [-0.2, -0.15) is 0 Å². The summed E-state index contributed by atoms with van der Waals surface area (Å²) in [6, 6.07) is 20.3. The molecule has 0 aliphatic rings. The second-order valence-corrected chi connectivity index (χ2v) is 6.14. The van der Waals surface area contributed by atoms with E-state index in [9.17, 15) is 9.59 Å². The predicted molar refractivity (Wildman–Crippen MR) is 108 cm³/mol. The topological polar surface area (TPSA) is 89.3 Å². The Kier molecular flexibility index (Phi) is 6.32. The Morgan fingerprint density at radius 2 is 1.45 bits per heavy atom. The molecule has 0 saturated carbocycles. The Hall–Kier alpha value is -4.00. The van der Waals surface area contributed by atoms with Crippen LogP contribution in [0.1, 0.15) is 26.3 Å². The highest BCUT2D eigenvalue weighted by Crippen LogP contribution is 2.18. The number of azo groups is 1. The lowest BCUT2D eigenvalue weighted by Crippen LogP contribution is -2.10. The highest BCUT2D eigenvalue weighted by molar-refractivity contribution is 5.94. The van der Waals surface area contributed by atoms with E-state index in [4.69, 9.17) is 9.57 Å². The van der Waals surface area contributed by atoms with Gasteiger partial charge in [0.15, 0.2) is 0 Å². The quantitative estimate of drug-likeness (QED) is 0.467. The average Bonchev–Trinajstić information content (AvgIpc) is 2.77. The summed E-state index contributed by atoms with van der Waals surface area (Å²) in [5.74, 6) is -0.291. The lowest BCUT2D eigenvalue weighted by atomic mass is 10.1. The van der Waals surface area contributed by atoms with Crippen molar-refractivity contribution in [1.29, 1.82) is 0 Å². The zero-order valence-corrected chi connectivity index (χ0v) is 16.0. The molecule has 0 fully saturated rings. The second kappa shape index (κ2) is 9.27. The number of methoxy groups -OCH3 is 1. The molecule has 0 bridgehead atoms. The van der Waals surface area contributed by atoms with Crippen LogP contribution in [0.5, 0.6) is 5.75 Å². The van der Waals surface area contributed by atoms with Gasteiger partial charge in [0.1, 0.15) is 5.75 Å². The van der Waals surface area contributed by atoms with E-state index in [1.54, 1.807) is 67.8 Å². The van der Waals surface area contributed by atoms with Gasteiger partial charge in [-0.25, -0.2) is 10.3 Å². The minimum Gasteiger partial charge on any atom is -0.497 e.